The van der Waals surface area contributed by atoms with Gasteiger partial charge in [0.15, 0.2) is 0 Å². The molecule has 0 aromatic carbocycles. The molecule has 0 saturated carbocycles. The third-order valence-corrected chi connectivity index (χ3v) is 3.15. The van der Waals surface area contributed by atoms with E-state index in [2.05, 4.69) is 17.0 Å². The predicted octanol–water partition coefficient (Wildman–Crippen LogP) is 0.652. The van der Waals surface area contributed by atoms with Crippen LogP contribution in [-0.2, 0) is 19.1 Å². The molecule has 0 fully saturated rings. The van der Waals surface area contributed by atoms with E-state index >= 15 is 0 Å². The number of hydrogen-bond donors (Lipinski definition) is 2. The molecule has 1 atom stereocenters. The molecule has 0 saturated heterocycles. The first-order chi connectivity index (χ1) is 8.51. The Balaban J connectivity index is 4.04. The van der Waals surface area contributed by atoms with Crippen molar-refractivity contribution in [3.8, 4) is 0 Å². The molecule has 0 unspecified atom stereocenters. The van der Waals surface area contributed by atoms with Gasteiger partial charge < -0.3 is 15.2 Å². The van der Waals surface area contributed by atoms with Gasteiger partial charge in [0, 0.05) is 0 Å². The highest BCUT2D eigenvalue weighted by Gasteiger charge is 2.23. The second kappa shape index (κ2) is 9.76. The molecule has 0 aliphatic heterocycles. The Labute approximate surface area is 110 Å². The third-order valence-electron chi connectivity index (χ3n) is 2.11. The van der Waals surface area contributed by atoms with Gasteiger partial charge in [-0.2, -0.15) is 11.8 Å². The molecule has 0 aromatic rings. The highest BCUT2D eigenvalue weighted by atomic mass is 32.2. The normalized spacial score (nSPS) is 11.7. The van der Waals surface area contributed by atoms with E-state index in [9.17, 15) is 14.4 Å². The number of amides is 1. The zero-order chi connectivity index (χ0) is 14.0. The highest BCUT2D eigenvalue weighted by molar-refractivity contribution is 7.99. The molecule has 0 aliphatic rings. The van der Waals surface area contributed by atoms with Gasteiger partial charge in [0.1, 0.15) is 6.04 Å². The van der Waals surface area contributed by atoms with Crippen LogP contribution in [0.4, 0.5) is 0 Å². The van der Waals surface area contributed by atoms with Crippen LogP contribution in [-0.4, -0.2) is 47.6 Å². The maximum atomic E-state index is 11.4. The molecular formula is C11H19NO5S. The average molecular weight is 277 g/mol. The molecule has 7 heteroatoms. The Bertz CT molecular complexity index is 295. The van der Waals surface area contributed by atoms with Gasteiger partial charge in [-0.05, 0) is 12.2 Å². The fourth-order valence-corrected chi connectivity index (χ4v) is 2.00. The molecule has 0 spiro atoms. The number of esters is 1. The zero-order valence-corrected chi connectivity index (χ0v) is 11.4. The van der Waals surface area contributed by atoms with E-state index in [1.165, 1.54) is 18.9 Å². The summed E-state index contributed by atoms with van der Waals surface area (Å²) in [6.45, 7) is 2.05. The van der Waals surface area contributed by atoms with Crippen LogP contribution in [0.1, 0.15) is 26.2 Å². The summed E-state index contributed by atoms with van der Waals surface area (Å²) in [7, 11) is 1.17. The maximum Gasteiger partial charge on any atom is 0.326 e. The fourth-order valence-electron chi connectivity index (χ4n) is 1.10. The second-order valence-electron chi connectivity index (χ2n) is 3.64. The number of carboxylic acids is 1. The Morgan fingerprint density at radius 3 is 2.56 bits per heavy atom. The van der Waals surface area contributed by atoms with Crippen LogP contribution in [0.5, 0.6) is 0 Å². The molecule has 0 radical (unpaired) electrons. The van der Waals surface area contributed by atoms with E-state index < -0.39 is 18.0 Å². The summed E-state index contributed by atoms with van der Waals surface area (Å²) in [5, 5.41) is 11.1. The van der Waals surface area contributed by atoms with Crippen molar-refractivity contribution in [2.24, 2.45) is 0 Å². The largest absolute Gasteiger partial charge is 0.480 e. The predicted molar refractivity (Wildman–Crippen MR) is 68.4 cm³/mol. The van der Waals surface area contributed by atoms with E-state index in [4.69, 9.17) is 5.11 Å². The van der Waals surface area contributed by atoms with Crippen molar-refractivity contribution in [1.82, 2.24) is 5.32 Å². The van der Waals surface area contributed by atoms with Crippen molar-refractivity contribution in [2.75, 3.05) is 18.6 Å². The van der Waals surface area contributed by atoms with E-state index in [1.807, 2.05) is 0 Å². The van der Waals surface area contributed by atoms with Crippen LogP contribution in [0, 0.1) is 0 Å². The van der Waals surface area contributed by atoms with Gasteiger partial charge in [0.25, 0.3) is 0 Å². The van der Waals surface area contributed by atoms with Gasteiger partial charge in [-0.1, -0.05) is 13.3 Å². The molecule has 0 bridgehead atoms. The Hall–Kier alpha value is -1.24. The first-order valence-corrected chi connectivity index (χ1v) is 6.83. The molecule has 1 amide bonds. The Morgan fingerprint density at radius 2 is 2.06 bits per heavy atom. The van der Waals surface area contributed by atoms with Crippen LogP contribution in [0.15, 0.2) is 0 Å². The van der Waals surface area contributed by atoms with Gasteiger partial charge in [-0.25, -0.2) is 4.79 Å². The number of ether oxygens (including phenoxy) is 1. The molecule has 104 valence electrons. The van der Waals surface area contributed by atoms with E-state index in [0.29, 0.717) is 0 Å². The van der Waals surface area contributed by atoms with Crippen molar-refractivity contribution in [1.29, 1.82) is 0 Å². The van der Waals surface area contributed by atoms with E-state index in [-0.39, 0.29) is 18.1 Å². The monoisotopic (exact) mass is 277 g/mol. The summed E-state index contributed by atoms with van der Waals surface area (Å²) in [5.74, 6) is -1.23. The summed E-state index contributed by atoms with van der Waals surface area (Å²) < 4.78 is 4.37. The molecule has 2 N–H and O–H groups in total. The van der Waals surface area contributed by atoms with Gasteiger partial charge in [0.05, 0.1) is 19.3 Å². The summed E-state index contributed by atoms with van der Waals surface area (Å²) in [4.78, 5) is 33.2. The zero-order valence-electron chi connectivity index (χ0n) is 10.6. The van der Waals surface area contributed by atoms with Gasteiger partial charge in [0.2, 0.25) is 5.91 Å². The lowest BCUT2D eigenvalue weighted by Crippen LogP contribution is -2.43. The number of carbonyl (C=O) groups is 3. The third kappa shape index (κ3) is 7.94. The number of carboxylic acid groups (broad SMARTS) is 1. The number of rotatable bonds is 9. The van der Waals surface area contributed by atoms with E-state index in [0.717, 1.165) is 18.6 Å². The molecule has 0 heterocycles. The standard InChI is InChI=1S/C11H19NO5S/c1-3-4-5-18-7-9(13)12-8(11(15)16)6-10(14)17-2/h8H,3-7H2,1-2H3,(H,12,13)(H,15,16)/t8-/m0/s1. The summed E-state index contributed by atoms with van der Waals surface area (Å²) in [6.07, 6.45) is 1.70. The minimum Gasteiger partial charge on any atom is -0.480 e. The number of carbonyl (C=O) groups excluding carboxylic acids is 2. The van der Waals surface area contributed by atoms with Gasteiger partial charge in [-0.3, -0.25) is 9.59 Å². The molecular weight excluding hydrogens is 258 g/mol. The van der Waals surface area contributed by atoms with Gasteiger partial charge in [-0.15, -0.1) is 0 Å². The number of methoxy groups -OCH3 is 1. The number of aliphatic carboxylic acids is 1. The average Bonchev–Trinajstić information content (AvgIpc) is 2.33. The van der Waals surface area contributed by atoms with Crippen LogP contribution in [0.2, 0.25) is 0 Å². The van der Waals surface area contributed by atoms with Crippen molar-refractivity contribution >= 4 is 29.6 Å². The highest BCUT2D eigenvalue weighted by Crippen LogP contribution is 2.04. The van der Waals surface area contributed by atoms with Crippen molar-refractivity contribution in [3.63, 3.8) is 0 Å². The number of hydrogen-bond acceptors (Lipinski definition) is 5. The van der Waals surface area contributed by atoms with Crippen LogP contribution in [0.25, 0.3) is 0 Å². The minimum atomic E-state index is -1.24. The van der Waals surface area contributed by atoms with Crippen molar-refractivity contribution < 1.29 is 24.2 Å². The number of nitrogens with one attached hydrogen (secondary N) is 1. The first kappa shape index (κ1) is 16.8. The van der Waals surface area contributed by atoms with Crippen molar-refractivity contribution in [3.05, 3.63) is 0 Å². The number of thioether (sulfide) groups is 1. The van der Waals surface area contributed by atoms with Crippen LogP contribution in [0.3, 0.4) is 0 Å². The SMILES string of the molecule is CCCCSCC(=O)N[C@@H](CC(=O)OC)C(=O)O. The molecule has 6 nitrogen and oxygen atoms in total. The maximum absolute atomic E-state index is 11.4. The first-order valence-electron chi connectivity index (χ1n) is 5.68. The molecule has 0 aromatic heterocycles. The number of unbranched alkanes of at least 4 members (excludes halogenated alkanes) is 1. The molecule has 18 heavy (non-hydrogen) atoms. The van der Waals surface area contributed by atoms with Crippen LogP contribution < -0.4 is 5.32 Å². The fraction of sp³-hybridized carbons (Fsp3) is 0.727. The lowest BCUT2D eigenvalue weighted by atomic mass is 10.2. The van der Waals surface area contributed by atoms with Crippen molar-refractivity contribution in [2.45, 2.75) is 32.2 Å². The smallest absolute Gasteiger partial charge is 0.326 e. The van der Waals surface area contributed by atoms with Crippen LogP contribution >= 0.6 is 11.8 Å². The lowest BCUT2D eigenvalue weighted by Gasteiger charge is -2.13. The summed E-state index contributed by atoms with van der Waals surface area (Å²) in [6, 6.07) is -1.23. The minimum absolute atomic E-state index is 0.199. The lowest BCUT2D eigenvalue weighted by molar-refractivity contribution is -0.148. The molecule has 0 rings (SSSR count). The molecule has 0 aliphatic carbocycles. The quantitative estimate of drug-likeness (QED) is 0.475. The topological polar surface area (TPSA) is 92.7 Å². The Morgan fingerprint density at radius 1 is 1.39 bits per heavy atom. The van der Waals surface area contributed by atoms with Gasteiger partial charge >= 0.3 is 11.9 Å². The summed E-state index contributed by atoms with van der Waals surface area (Å²) >= 11 is 1.44. The second-order valence-corrected chi connectivity index (χ2v) is 4.75. The Kier molecular flexibility index (Phi) is 9.08. The summed E-state index contributed by atoms with van der Waals surface area (Å²) in [5.41, 5.74) is 0. The van der Waals surface area contributed by atoms with E-state index in [1.54, 1.807) is 0 Å².